The fraction of sp³-hybridized carbons (Fsp3) is 0.611. The molecule has 3 saturated heterocycles. The van der Waals surface area contributed by atoms with E-state index in [9.17, 15) is 9.90 Å². The number of nitrogens with zero attached hydrogens (tertiary/aromatic N) is 2. The molecule has 0 aliphatic carbocycles. The molecule has 0 bridgehead atoms. The third-order valence-electron chi connectivity index (χ3n) is 5.34. The highest BCUT2D eigenvalue weighted by Gasteiger charge is 2.53. The Morgan fingerprint density at radius 1 is 1.17 bits per heavy atom. The number of carbonyl (C=O) groups is 1. The lowest BCUT2D eigenvalue weighted by Gasteiger charge is -2.60. The Balaban J connectivity index is 1.22. The maximum absolute atomic E-state index is 12.3. The van der Waals surface area contributed by atoms with Gasteiger partial charge in [0.2, 0.25) is 5.91 Å². The number of likely N-dealkylation sites (tertiary alicyclic amines) is 2. The molecule has 1 unspecified atom stereocenters. The Kier molecular flexibility index (Phi) is 3.67. The van der Waals surface area contributed by atoms with Crippen LogP contribution in [-0.4, -0.2) is 65.8 Å². The van der Waals surface area contributed by atoms with E-state index in [1.54, 1.807) is 0 Å². The van der Waals surface area contributed by atoms with Crippen LogP contribution >= 0.6 is 0 Å². The topological polar surface area (TPSA) is 53.0 Å². The fourth-order valence-electron chi connectivity index (χ4n) is 4.12. The molecular formula is C18H24N2O3. The molecule has 3 aliphatic heterocycles. The average Bonchev–Trinajstić information content (AvgIpc) is 2.87. The zero-order valence-electron chi connectivity index (χ0n) is 13.4. The second-order valence-electron chi connectivity index (χ2n) is 7.58. The van der Waals surface area contributed by atoms with Gasteiger partial charge in [0, 0.05) is 51.2 Å². The number of aliphatic hydroxyl groups is 1. The van der Waals surface area contributed by atoms with E-state index in [0.717, 1.165) is 32.7 Å². The molecule has 124 valence electrons. The van der Waals surface area contributed by atoms with Crippen LogP contribution in [0.15, 0.2) is 30.3 Å². The zero-order valence-corrected chi connectivity index (χ0v) is 13.4. The molecule has 4 rings (SSSR count). The molecule has 1 amide bonds. The SMILES string of the molecule is O=C(CC1(O)CCOC1)N1CC2(CN(Cc3ccccc3)C2)C1. The van der Waals surface area contributed by atoms with E-state index in [2.05, 4.69) is 29.2 Å². The lowest BCUT2D eigenvalue weighted by atomic mass is 9.72. The van der Waals surface area contributed by atoms with Gasteiger partial charge in [-0.1, -0.05) is 30.3 Å². The molecule has 3 fully saturated rings. The minimum atomic E-state index is -0.932. The first kappa shape index (κ1) is 15.1. The summed E-state index contributed by atoms with van der Waals surface area (Å²) in [7, 11) is 0. The van der Waals surface area contributed by atoms with Gasteiger partial charge in [-0.2, -0.15) is 0 Å². The van der Waals surface area contributed by atoms with Crippen LogP contribution in [-0.2, 0) is 16.1 Å². The van der Waals surface area contributed by atoms with Crippen molar-refractivity contribution in [1.82, 2.24) is 9.80 Å². The van der Waals surface area contributed by atoms with Crippen molar-refractivity contribution in [1.29, 1.82) is 0 Å². The smallest absolute Gasteiger partial charge is 0.225 e. The van der Waals surface area contributed by atoms with Crippen LogP contribution in [0.1, 0.15) is 18.4 Å². The molecule has 1 aromatic rings. The summed E-state index contributed by atoms with van der Waals surface area (Å²) >= 11 is 0. The Morgan fingerprint density at radius 2 is 1.91 bits per heavy atom. The molecule has 23 heavy (non-hydrogen) atoms. The molecule has 5 nitrogen and oxygen atoms in total. The van der Waals surface area contributed by atoms with E-state index >= 15 is 0 Å². The van der Waals surface area contributed by atoms with Gasteiger partial charge in [0.1, 0.15) is 0 Å². The van der Waals surface area contributed by atoms with Gasteiger partial charge >= 0.3 is 0 Å². The summed E-state index contributed by atoms with van der Waals surface area (Å²) in [6.07, 6.45) is 0.777. The van der Waals surface area contributed by atoms with E-state index in [-0.39, 0.29) is 12.3 Å². The minimum absolute atomic E-state index is 0.0742. The van der Waals surface area contributed by atoms with E-state index in [1.165, 1.54) is 5.56 Å². The number of hydrogen-bond acceptors (Lipinski definition) is 4. The van der Waals surface area contributed by atoms with Gasteiger partial charge in [-0.3, -0.25) is 9.69 Å². The predicted molar refractivity (Wildman–Crippen MR) is 85.7 cm³/mol. The van der Waals surface area contributed by atoms with E-state index in [0.29, 0.717) is 25.0 Å². The highest BCUT2D eigenvalue weighted by atomic mass is 16.5. The van der Waals surface area contributed by atoms with Crippen molar-refractivity contribution < 1.29 is 14.6 Å². The summed E-state index contributed by atoms with van der Waals surface area (Å²) in [4.78, 5) is 16.6. The van der Waals surface area contributed by atoms with Gasteiger partial charge < -0.3 is 14.7 Å². The quantitative estimate of drug-likeness (QED) is 0.896. The average molecular weight is 316 g/mol. The Labute approximate surface area is 136 Å². The highest BCUT2D eigenvalue weighted by Crippen LogP contribution is 2.41. The van der Waals surface area contributed by atoms with Crippen molar-refractivity contribution in [3.8, 4) is 0 Å². The summed E-state index contributed by atoms with van der Waals surface area (Å²) in [6, 6.07) is 10.5. The molecule has 3 heterocycles. The molecule has 0 radical (unpaired) electrons. The van der Waals surface area contributed by atoms with Crippen molar-refractivity contribution >= 4 is 5.91 Å². The molecule has 0 aromatic heterocycles. The maximum atomic E-state index is 12.3. The standard InChI is InChI=1S/C18H24N2O3/c21-16(8-18(22)6-7-23-14-18)20-12-17(13-20)10-19(11-17)9-15-4-2-1-3-5-15/h1-5,22H,6-14H2. The number of benzene rings is 1. The highest BCUT2D eigenvalue weighted by molar-refractivity contribution is 5.78. The molecule has 0 saturated carbocycles. The van der Waals surface area contributed by atoms with Crippen LogP contribution in [0.25, 0.3) is 0 Å². The molecule has 1 aromatic carbocycles. The molecular weight excluding hydrogens is 292 g/mol. The van der Waals surface area contributed by atoms with Crippen molar-refractivity contribution in [2.24, 2.45) is 5.41 Å². The second kappa shape index (κ2) is 5.58. The molecule has 1 atom stereocenters. The van der Waals surface area contributed by atoms with E-state index in [4.69, 9.17) is 4.74 Å². The molecule has 1 N–H and O–H groups in total. The lowest BCUT2D eigenvalue weighted by molar-refractivity contribution is -0.164. The second-order valence-corrected chi connectivity index (χ2v) is 7.58. The summed E-state index contributed by atoms with van der Waals surface area (Å²) in [5.41, 5.74) is 0.718. The fourth-order valence-corrected chi connectivity index (χ4v) is 4.12. The van der Waals surface area contributed by atoms with Crippen LogP contribution in [0.4, 0.5) is 0 Å². The normalized spacial score (nSPS) is 29.3. The van der Waals surface area contributed by atoms with Crippen LogP contribution in [0.2, 0.25) is 0 Å². The van der Waals surface area contributed by atoms with Gasteiger partial charge in [0.25, 0.3) is 0 Å². The number of hydrogen-bond donors (Lipinski definition) is 1. The Morgan fingerprint density at radius 3 is 2.57 bits per heavy atom. The first-order valence-corrected chi connectivity index (χ1v) is 8.40. The first-order valence-electron chi connectivity index (χ1n) is 8.40. The van der Waals surface area contributed by atoms with Crippen molar-refractivity contribution in [2.45, 2.75) is 25.0 Å². The van der Waals surface area contributed by atoms with Crippen molar-refractivity contribution in [3.63, 3.8) is 0 Å². The largest absolute Gasteiger partial charge is 0.387 e. The van der Waals surface area contributed by atoms with E-state index < -0.39 is 5.60 Å². The summed E-state index contributed by atoms with van der Waals surface area (Å²) < 4.78 is 5.21. The van der Waals surface area contributed by atoms with Gasteiger partial charge in [0.15, 0.2) is 0 Å². The number of amides is 1. The van der Waals surface area contributed by atoms with Crippen LogP contribution in [0.5, 0.6) is 0 Å². The van der Waals surface area contributed by atoms with Gasteiger partial charge in [-0.15, -0.1) is 0 Å². The Bertz CT molecular complexity index is 569. The van der Waals surface area contributed by atoms with Crippen molar-refractivity contribution in [2.75, 3.05) is 39.4 Å². The maximum Gasteiger partial charge on any atom is 0.225 e. The number of ether oxygens (including phenoxy) is 1. The summed E-state index contributed by atoms with van der Waals surface area (Å²) in [5.74, 6) is 0.0742. The third-order valence-corrected chi connectivity index (χ3v) is 5.34. The van der Waals surface area contributed by atoms with Gasteiger partial charge in [-0.05, 0) is 5.56 Å². The van der Waals surface area contributed by atoms with E-state index in [1.807, 2.05) is 11.0 Å². The zero-order chi connectivity index (χ0) is 15.9. The molecule has 3 aliphatic rings. The first-order chi connectivity index (χ1) is 11.1. The van der Waals surface area contributed by atoms with Gasteiger partial charge in [-0.25, -0.2) is 0 Å². The van der Waals surface area contributed by atoms with Crippen LogP contribution in [0, 0.1) is 5.41 Å². The lowest BCUT2D eigenvalue weighted by Crippen LogP contribution is -2.72. The number of rotatable bonds is 4. The summed E-state index contributed by atoms with van der Waals surface area (Å²) in [5, 5.41) is 10.3. The molecule has 1 spiro atoms. The minimum Gasteiger partial charge on any atom is -0.387 e. The Hall–Kier alpha value is -1.43. The van der Waals surface area contributed by atoms with Crippen LogP contribution < -0.4 is 0 Å². The predicted octanol–water partition coefficient (Wildman–Crippen LogP) is 0.872. The third kappa shape index (κ3) is 3.01. The summed E-state index contributed by atoms with van der Waals surface area (Å²) in [6.45, 7) is 5.67. The molecule has 5 heteroatoms. The monoisotopic (exact) mass is 316 g/mol. The van der Waals surface area contributed by atoms with Crippen molar-refractivity contribution in [3.05, 3.63) is 35.9 Å². The van der Waals surface area contributed by atoms with Crippen LogP contribution in [0.3, 0.4) is 0 Å². The number of carbonyl (C=O) groups excluding carboxylic acids is 1. The van der Waals surface area contributed by atoms with Gasteiger partial charge in [0.05, 0.1) is 18.6 Å².